The largest absolute Gasteiger partial charge is 0.388 e. The molecule has 0 aromatic heterocycles. The van der Waals surface area contributed by atoms with E-state index in [9.17, 15) is 0 Å². The van der Waals surface area contributed by atoms with Crippen molar-refractivity contribution in [3.63, 3.8) is 0 Å². The van der Waals surface area contributed by atoms with Gasteiger partial charge in [0.1, 0.15) is 0 Å². The normalized spacial score (nSPS) is 15.1. The second-order valence-corrected chi connectivity index (χ2v) is 6.50. The van der Waals surface area contributed by atoms with Gasteiger partial charge < -0.3 is 16.0 Å². The highest BCUT2D eigenvalue weighted by atomic mass is 35.5. The first-order chi connectivity index (χ1) is 11.7. The van der Waals surface area contributed by atoms with Gasteiger partial charge in [-0.1, -0.05) is 23.7 Å². The Labute approximate surface area is 148 Å². The fourth-order valence-corrected chi connectivity index (χ4v) is 3.25. The minimum absolute atomic E-state index is 0.468. The molecule has 1 heterocycles. The van der Waals surface area contributed by atoms with E-state index in [-0.39, 0.29) is 0 Å². The summed E-state index contributed by atoms with van der Waals surface area (Å²) in [5, 5.41) is 19.3. The van der Waals surface area contributed by atoms with Gasteiger partial charge in [-0.2, -0.15) is 0 Å². The fourth-order valence-electron chi connectivity index (χ4n) is 3.06. The van der Waals surface area contributed by atoms with Gasteiger partial charge >= 0.3 is 0 Å². The van der Waals surface area contributed by atoms with Gasteiger partial charge in [0.05, 0.1) is 5.71 Å². The van der Waals surface area contributed by atoms with Crippen LogP contribution in [0.5, 0.6) is 0 Å². The lowest BCUT2D eigenvalue weighted by Gasteiger charge is -2.25. The molecule has 24 heavy (non-hydrogen) atoms. The zero-order chi connectivity index (χ0) is 16.9. The quantitative estimate of drug-likeness (QED) is 0.622. The van der Waals surface area contributed by atoms with Crippen molar-refractivity contribution in [1.82, 2.24) is 5.32 Å². The van der Waals surface area contributed by atoms with Crippen LogP contribution in [0.2, 0.25) is 5.02 Å². The molecule has 1 aliphatic heterocycles. The Balaban J connectivity index is 1.82. The molecule has 1 aliphatic rings. The van der Waals surface area contributed by atoms with Gasteiger partial charge in [-0.05, 0) is 56.3 Å². The first-order valence-corrected chi connectivity index (χ1v) is 8.69. The molecule has 4 N–H and O–H groups in total. The van der Waals surface area contributed by atoms with Gasteiger partial charge in [0, 0.05) is 40.6 Å². The molecule has 0 unspecified atom stereocenters. The maximum Gasteiger partial charge on any atom is 0.0705 e. The lowest BCUT2D eigenvalue weighted by atomic mass is 9.99. The summed E-state index contributed by atoms with van der Waals surface area (Å²) in [6.45, 7) is 2.13. The topological polar surface area (TPSA) is 59.9 Å². The second kappa shape index (κ2) is 7.69. The third-order valence-electron chi connectivity index (χ3n) is 4.38. The Morgan fingerprint density at radius 3 is 2.67 bits per heavy atom. The van der Waals surface area contributed by atoms with Crippen molar-refractivity contribution in [1.29, 1.82) is 5.41 Å². The third-order valence-corrected chi connectivity index (χ3v) is 4.62. The number of hydrogen-bond donors (Lipinski definition) is 4. The van der Waals surface area contributed by atoms with E-state index in [0.29, 0.717) is 16.8 Å². The maximum absolute atomic E-state index is 8.51. The molecule has 5 heteroatoms. The first-order valence-electron chi connectivity index (χ1n) is 8.31. The number of piperidine rings is 1. The molecule has 0 aliphatic carbocycles. The van der Waals surface area contributed by atoms with E-state index in [1.807, 2.05) is 37.4 Å². The van der Waals surface area contributed by atoms with Gasteiger partial charge in [0.15, 0.2) is 0 Å². The average molecular weight is 343 g/mol. The molecule has 1 fully saturated rings. The van der Waals surface area contributed by atoms with Crippen molar-refractivity contribution >= 4 is 28.7 Å². The van der Waals surface area contributed by atoms with Gasteiger partial charge in [-0.3, -0.25) is 5.41 Å². The highest BCUT2D eigenvalue weighted by molar-refractivity contribution is 6.31. The van der Waals surface area contributed by atoms with E-state index in [1.54, 1.807) is 0 Å². The monoisotopic (exact) mass is 342 g/mol. The van der Waals surface area contributed by atoms with Crippen LogP contribution in [0.15, 0.2) is 42.5 Å². The van der Waals surface area contributed by atoms with Gasteiger partial charge in [-0.15, -0.1) is 0 Å². The second-order valence-electron chi connectivity index (χ2n) is 6.06. The van der Waals surface area contributed by atoms with Crippen LogP contribution in [0.1, 0.15) is 24.0 Å². The smallest absolute Gasteiger partial charge is 0.0705 e. The zero-order valence-corrected chi connectivity index (χ0v) is 14.6. The molecule has 0 amide bonds. The number of benzene rings is 2. The van der Waals surface area contributed by atoms with Crippen LogP contribution in [-0.2, 0) is 0 Å². The first kappa shape index (κ1) is 16.8. The van der Waals surface area contributed by atoms with E-state index in [1.165, 1.54) is 0 Å². The molecule has 2 aromatic rings. The highest BCUT2D eigenvalue weighted by Crippen LogP contribution is 2.25. The van der Waals surface area contributed by atoms with Crippen molar-refractivity contribution in [2.75, 3.05) is 30.8 Å². The Morgan fingerprint density at radius 1 is 1.17 bits per heavy atom. The van der Waals surface area contributed by atoms with E-state index < -0.39 is 0 Å². The van der Waals surface area contributed by atoms with Gasteiger partial charge in [0.25, 0.3) is 0 Å². The van der Waals surface area contributed by atoms with E-state index in [0.717, 1.165) is 48.4 Å². The van der Waals surface area contributed by atoms with E-state index >= 15 is 0 Å². The Kier molecular flexibility index (Phi) is 5.38. The van der Waals surface area contributed by atoms with Crippen molar-refractivity contribution in [2.45, 2.75) is 18.9 Å². The van der Waals surface area contributed by atoms with Crippen LogP contribution < -0.4 is 16.0 Å². The zero-order valence-electron chi connectivity index (χ0n) is 13.8. The molecule has 0 spiro atoms. The molecular formula is C19H23ClN4. The molecule has 0 saturated carbocycles. The van der Waals surface area contributed by atoms with Crippen LogP contribution in [0.4, 0.5) is 11.4 Å². The highest BCUT2D eigenvalue weighted by Gasteiger charge is 2.15. The van der Waals surface area contributed by atoms with Crippen LogP contribution in [0.3, 0.4) is 0 Å². The molecule has 0 atom stereocenters. The summed E-state index contributed by atoms with van der Waals surface area (Å²) in [4.78, 5) is 0. The average Bonchev–Trinajstić information content (AvgIpc) is 2.62. The van der Waals surface area contributed by atoms with E-state index in [4.69, 9.17) is 17.0 Å². The summed E-state index contributed by atoms with van der Waals surface area (Å²) in [7, 11) is 1.89. The summed E-state index contributed by atoms with van der Waals surface area (Å²) in [6, 6.07) is 14.1. The molecule has 0 radical (unpaired) electrons. The third kappa shape index (κ3) is 3.89. The van der Waals surface area contributed by atoms with Crippen LogP contribution in [0, 0.1) is 5.41 Å². The Morgan fingerprint density at radius 2 is 1.96 bits per heavy atom. The summed E-state index contributed by atoms with van der Waals surface area (Å²) >= 11 is 6.06. The predicted molar refractivity (Wildman–Crippen MR) is 103 cm³/mol. The maximum atomic E-state index is 8.51. The number of nitrogens with one attached hydrogen (secondary N) is 4. The summed E-state index contributed by atoms with van der Waals surface area (Å²) in [6.07, 6.45) is 2.27. The summed E-state index contributed by atoms with van der Waals surface area (Å²) in [5.41, 5.74) is 4.19. The number of rotatable bonds is 5. The van der Waals surface area contributed by atoms with Crippen molar-refractivity contribution in [3.05, 3.63) is 58.6 Å². The minimum atomic E-state index is 0.468. The molecular weight excluding hydrogens is 320 g/mol. The molecule has 4 nitrogen and oxygen atoms in total. The Bertz CT molecular complexity index is 723. The lowest BCUT2D eigenvalue weighted by Crippen LogP contribution is -2.35. The van der Waals surface area contributed by atoms with Crippen molar-refractivity contribution in [3.8, 4) is 0 Å². The standard InChI is InChI=1S/C19H23ClN4/c1-22-18-12-16(24-15-7-9-23-10-8-15)5-6-17(18)19(21)13-3-2-4-14(20)11-13/h2-6,11-12,15,21-24H,7-10H2,1H3. The number of hydrogen-bond acceptors (Lipinski definition) is 4. The summed E-state index contributed by atoms with van der Waals surface area (Å²) in [5.74, 6) is 0. The summed E-state index contributed by atoms with van der Waals surface area (Å²) < 4.78 is 0. The van der Waals surface area contributed by atoms with Crippen LogP contribution in [-0.4, -0.2) is 31.9 Å². The molecule has 126 valence electrons. The number of halogens is 1. The van der Waals surface area contributed by atoms with Crippen LogP contribution in [0.25, 0.3) is 0 Å². The fraction of sp³-hybridized carbons (Fsp3) is 0.316. The van der Waals surface area contributed by atoms with Gasteiger partial charge in [0.2, 0.25) is 0 Å². The molecule has 3 rings (SSSR count). The van der Waals surface area contributed by atoms with Crippen LogP contribution >= 0.6 is 11.6 Å². The SMILES string of the molecule is CNc1cc(NC2CCNCC2)ccc1C(=N)c1cccc(Cl)c1. The minimum Gasteiger partial charge on any atom is -0.388 e. The predicted octanol–water partition coefficient (Wildman–Crippen LogP) is 3.96. The van der Waals surface area contributed by atoms with Crippen molar-refractivity contribution in [2.24, 2.45) is 0 Å². The lowest BCUT2D eigenvalue weighted by molar-refractivity contribution is 0.479. The molecule has 1 saturated heterocycles. The molecule has 2 aromatic carbocycles. The van der Waals surface area contributed by atoms with E-state index in [2.05, 4.69) is 28.1 Å². The van der Waals surface area contributed by atoms with Crippen molar-refractivity contribution < 1.29 is 0 Å². The number of anilines is 2. The van der Waals surface area contributed by atoms with Gasteiger partial charge in [-0.25, -0.2) is 0 Å². The molecule has 0 bridgehead atoms. The Hall–Kier alpha value is -2.04.